The molecule has 0 bridgehead atoms. The van der Waals surface area contributed by atoms with Crippen LogP contribution in [0.1, 0.15) is 40.8 Å². The van der Waals surface area contributed by atoms with Gasteiger partial charge in [0, 0.05) is 49.1 Å². The molecule has 234 valence electrons. The second-order valence-corrected chi connectivity index (χ2v) is 12.9. The van der Waals surface area contributed by atoms with Gasteiger partial charge < -0.3 is 10.1 Å². The molecular weight excluding hydrogens is 683 g/mol. The van der Waals surface area contributed by atoms with E-state index >= 15 is 0 Å². The Balaban J connectivity index is 1.09. The maximum atomic E-state index is 13.0. The minimum Gasteiger partial charge on any atom is -0.422 e. The Labute approximate surface area is 284 Å². The highest BCUT2D eigenvalue weighted by molar-refractivity contribution is 7.22. The zero-order valence-electron chi connectivity index (χ0n) is 24.1. The Kier molecular flexibility index (Phi) is 9.01. The number of ether oxygens (including phenoxy) is 1. The van der Waals surface area contributed by atoms with Gasteiger partial charge in [0.25, 0.3) is 17.5 Å². The van der Waals surface area contributed by atoms with Crippen molar-refractivity contribution in [2.75, 3.05) is 5.32 Å². The van der Waals surface area contributed by atoms with Crippen LogP contribution in [0, 0.1) is 17.0 Å². The Morgan fingerprint density at radius 3 is 2.26 bits per heavy atom. The molecule has 0 aliphatic rings. The van der Waals surface area contributed by atoms with E-state index in [0.717, 1.165) is 27.0 Å². The number of non-ortho nitro benzene ring substituents is 1. The number of fused-ring (bicyclic) bond motifs is 2. The molecule has 14 heteroatoms. The Morgan fingerprint density at radius 2 is 1.51 bits per heavy atom. The summed E-state index contributed by atoms with van der Waals surface area (Å²) in [4.78, 5) is 49.7. The number of amides is 2. The Hall–Kier alpha value is -5.14. The van der Waals surface area contributed by atoms with Gasteiger partial charge in [0.2, 0.25) is 0 Å². The quantitative estimate of drug-likeness (QED) is 0.0534. The minimum atomic E-state index is -0.607. The number of nitrogens with one attached hydrogen (secondary N) is 2. The molecule has 0 radical (unpaired) electrons. The number of hydrogen-bond acceptors (Lipinski definition) is 9. The van der Waals surface area contributed by atoms with E-state index in [4.69, 9.17) is 27.9 Å². The topological polar surface area (TPSA) is 140 Å². The number of nitrogens with zero attached hydrogens (tertiary/aromatic N) is 2. The van der Waals surface area contributed by atoms with E-state index < -0.39 is 22.7 Å². The summed E-state index contributed by atoms with van der Waals surface area (Å²) < 4.78 is 7.04. The summed E-state index contributed by atoms with van der Waals surface area (Å²) in [7, 11) is 0. The third-order valence-electron chi connectivity index (χ3n) is 6.90. The number of benzene rings is 4. The van der Waals surface area contributed by atoms with Crippen molar-refractivity contribution in [2.24, 2.45) is 5.10 Å². The molecule has 0 atom stereocenters. The smallest absolute Gasteiger partial charge is 0.355 e. The van der Waals surface area contributed by atoms with Gasteiger partial charge in [-0.15, -0.1) is 22.7 Å². The molecule has 2 N–H and O–H groups in total. The number of nitro benzene ring substituents is 1. The van der Waals surface area contributed by atoms with Gasteiger partial charge in [0.05, 0.1) is 21.2 Å². The molecule has 0 saturated carbocycles. The van der Waals surface area contributed by atoms with E-state index in [-0.39, 0.29) is 31.8 Å². The number of halogens is 2. The van der Waals surface area contributed by atoms with Crippen molar-refractivity contribution in [2.45, 2.75) is 6.92 Å². The highest BCUT2D eigenvalue weighted by Crippen LogP contribution is 2.38. The second kappa shape index (κ2) is 13.3. The molecule has 0 unspecified atom stereocenters. The van der Waals surface area contributed by atoms with E-state index in [2.05, 4.69) is 15.8 Å². The van der Waals surface area contributed by atoms with E-state index in [1.54, 1.807) is 24.3 Å². The molecule has 0 fully saturated rings. The number of carbonyl (C=O) groups excluding carboxylic acids is 3. The van der Waals surface area contributed by atoms with Gasteiger partial charge in [-0.25, -0.2) is 10.2 Å². The SMILES string of the molecule is Cc1ccc2c(Cl)c(C(=O)Oc3ccccc3/C=N\NC(=O)c3ccc(NC(=O)c4sc5cc([N+](=O)[O-])ccc5c4Cl)cc3)sc2c1. The zero-order chi connectivity index (χ0) is 33.2. The van der Waals surface area contributed by atoms with Crippen LogP contribution in [0.3, 0.4) is 0 Å². The molecule has 6 rings (SSSR count). The van der Waals surface area contributed by atoms with Gasteiger partial charge in [-0.05, 0) is 61.0 Å². The highest BCUT2D eigenvalue weighted by Gasteiger charge is 2.21. The van der Waals surface area contributed by atoms with Crippen LogP contribution in [0.4, 0.5) is 11.4 Å². The predicted molar refractivity (Wildman–Crippen MR) is 186 cm³/mol. The lowest BCUT2D eigenvalue weighted by Gasteiger charge is -2.07. The fourth-order valence-electron chi connectivity index (χ4n) is 4.56. The summed E-state index contributed by atoms with van der Waals surface area (Å²) in [5.74, 6) is -1.39. The lowest BCUT2D eigenvalue weighted by molar-refractivity contribution is -0.384. The van der Waals surface area contributed by atoms with Crippen LogP contribution >= 0.6 is 45.9 Å². The van der Waals surface area contributed by atoms with Crippen LogP contribution in [-0.2, 0) is 0 Å². The summed E-state index contributed by atoms with van der Waals surface area (Å²) in [5.41, 5.74) is 4.49. The summed E-state index contributed by atoms with van der Waals surface area (Å²) in [6.07, 6.45) is 1.36. The number of nitro groups is 1. The maximum Gasteiger partial charge on any atom is 0.355 e. The maximum absolute atomic E-state index is 13.0. The first-order valence-corrected chi connectivity index (χ1v) is 16.1. The Morgan fingerprint density at radius 1 is 0.851 bits per heavy atom. The molecule has 2 amide bonds. The normalized spacial score (nSPS) is 11.2. The number of hydrazone groups is 1. The number of carbonyl (C=O) groups is 3. The van der Waals surface area contributed by atoms with E-state index in [1.807, 2.05) is 25.1 Å². The molecule has 2 aromatic heterocycles. The number of esters is 1. The van der Waals surface area contributed by atoms with Gasteiger partial charge in [0.1, 0.15) is 15.5 Å². The van der Waals surface area contributed by atoms with Gasteiger partial charge in [-0.1, -0.05) is 47.5 Å². The summed E-state index contributed by atoms with van der Waals surface area (Å²) in [6.45, 7) is 1.96. The molecule has 0 saturated heterocycles. The first kappa shape index (κ1) is 31.8. The monoisotopic (exact) mass is 702 g/mol. The molecule has 6 aromatic rings. The van der Waals surface area contributed by atoms with Gasteiger partial charge in [-0.2, -0.15) is 5.10 Å². The zero-order valence-corrected chi connectivity index (χ0v) is 27.2. The average Bonchev–Trinajstić information content (AvgIpc) is 3.57. The fourth-order valence-corrected chi connectivity index (χ4v) is 7.49. The van der Waals surface area contributed by atoms with E-state index in [1.165, 1.54) is 60.0 Å². The average molecular weight is 704 g/mol. The molecule has 0 aliphatic carbocycles. The van der Waals surface area contributed by atoms with Crippen molar-refractivity contribution in [1.82, 2.24) is 5.43 Å². The summed E-state index contributed by atoms with van der Waals surface area (Å²) in [5, 5.41) is 19.7. The van der Waals surface area contributed by atoms with Crippen LogP contribution < -0.4 is 15.5 Å². The van der Waals surface area contributed by atoms with Crippen molar-refractivity contribution in [3.05, 3.63) is 132 Å². The van der Waals surface area contributed by atoms with Crippen LogP contribution in [0.2, 0.25) is 10.0 Å². The molecule has 10 nitrogen and oxygen atoms in total. The van der Waals surface area contributed by atoms with Crippen LogP contribution in [-0.4, -0.2) is 28.9 Å². The van der Waals surface area contributed by atoms with Crippen molar-refractivity contribution in [3.8, 4) is 5.75 Å². The first-order chi connectivity index (χ1) is 22.6. The number of hydrogen-bond donors (Lipinski definition) is 2. The van der Waals surface area contributed by atoms with Crippen molar-refractivity contribution in [3.63, 3.8) is 0 Å². The summed E-state index contributed by atoms with van der Waals surface area (Å²) >= 11 is 15.1. The number of rotatable bonds is 8. The number of aryl methyl sites for hydroxylation is 1. The minimum absolute atomic E-state index is 0.100. The van der Waals surface area contributed by atoms with Gasteiger partial charge in [0.15, 0.2) is 0 Å². The van der Waals surface area contributed by atoms with Crippen molar-refractivity contribution >= 4 is 101 Å². The molecule has 47 heavy (non-hydrogen) atoms. The molecule has 0 spiro atoms. The van der Waals surface area contributed by atoms with Crippen molar-refractivity contribution in [1.29, 1.82) is 0 Å². The van der Waals surface area contributed by atoms with E-state index in [9.17, 15) is 24.5 Å². The first-order valence-electron chi connectivity index (χ1n) is 13.7. The lowest BCUT2D eigenvalue weighted by Crippen LogP contribution is -2.18. The standard InChI is InChI=1S/C33H20Cl2N4O6S2/c1-17-6-12-22-25(14-17)47-30(28(22)35)33(42)45-24-5-3-2-4-19(24)16-36-38-31(40)18-7-9-20(10-8-18)37-32(41)29-27(34)23-13-11-21(39(43)44)15-26(23)46-29/h2-16H,1H3,(H,37,41)(H,38,40)/b36-16-. The second-order valence-electron chi connectivity index (χ2n) is 10.1. The van der Waals surface area contributed by atoms with Crippen molar-refractivity contribution < 1.29 is 24.0 Å². The highest BCUT2D eigenvalue weighted by atomic mass is 35.5. The Bertz CT molecular complexity index is 2260. The summed E-state index contributed by atoms with van der Waals surface area (Å²) in [6, 6.07) is 22.8. The molecule has 4 aromatic carbocycles. The lowest BCUT2D eigenvalue weighted by atomic mass is 10.2. The van der Waals surface area contributed by atoms with Gasteiger partial charge >= 0.3 is 5.97 Å². The fraction of sp³-hybridized carbons (Fsp3) is 0.0303. The van der Waals surface area contributed by atoms with Crippen LogP contribution in [0.25, 0.3) is 20.2 Å². The van der Waals surface area contributed by atoms with Crippen LogP contribution in [0.5, 0.6) is 5.75 Å². The third-order valence-corrected chi connectivity index (χ3v) is 10.2. The molecule has 0 aliphatic heterocycles. The largest absolute Gasteiger partial charge is 0.422 e. The third kappa shape index (κ3) is 6.71. The molecular formula is C33H20Cl2N4O6S2. The van der Waals surface area contributed by atoms with Crippen LogP contribution in [0.15, 0.2) is 90.0 Å². The van der Waals surface area contributed by atoms with Gasteiger partial charge in [-0.3, -0.25) is 19.7 Å². The van der Waals surface area contributed by atoms with E-state index in [0.29, 0.717) is 26.4 Å². The number of anilines is 1. The predicted octanol–water partition coefficient (Wildman–Crippen LogP) is 8.87. The number of thiophene rings is 2. The molecule has 2 heterocycles. The number of para-hydroxylation sites is 1.